The lowest BCUT2D eigenvalue weighted by molar-refractivity contribution is -0.153. The molecule has 0 N–H and O–H groups in total. The molecule has 1 heterocycles. The molecule has 8 heteroatoms. The first kappa shape index (κ1) is 20.5. The Labute approximate surface area is 174 Å². The van der Waals surface area contributed by atoms with Gasteiger partial charge in [-0.1, -0.05) is 23.7 Å². The third-order valence-corrected chi connectivity index (χ3v) is 4.84. The summed E-state index contributed by atoms with van der Waals surface area (Å²) in [4.78, 5) is 27.9. The summed E-state index contributed by atoms with van der Waals surface area (Å²) in [6.45, 7) is 1.75. The van der Waals surface area contributed by atoms with Gasteiger partial charge in [0.25, 0.3) is 5.91 Å². The molecule has 29 heavy (non-hydrogen) atoms. The van der Waals surface area contributed by atoms with Gasteiger partial charge >= 0.3 is 5.97 Å². The number of para-hydroxylation sites is 1. The molecule has 7 nitrogen and oxygen atoms in total. The van der Waals surface area contributed by atoms with Crippen molar-refractivity contribution in [3.05, 3.63) is 59.1 Å². The molecule has 0 aromatic heterocycles. The lowest BCUT2D eigenvalue weighted by Gasteiger charge is -2.36. The van der Waals surface area contributed by atoms with Gasteiger partial charge in [-0.25, -0.2) is 4.79 Å². The largest absolute Gasteiger partial charge is 0.482 e. The van der Waals surface area contributed by atoms with E-state index in [4.69, 9.17) is 26.3 Å². The average Bonchev–Trinajstić information content (AvgIpc) is 2.77. The molecule has 0 unspecified atom stereocenters. The van der Waals surface area contributed by atoms with Crippen molar-refractivity contribution in [2.75, 3.05) is 44.3 Å². The predicted octanol–water partition coefficient (Wildman–Crippen LogP) is 2.48. The van der Waals surface area contributed by atoms with Crippen LogP contribution in [0.4, 0.5) is 5.69 Å². The number of rotatable bonds is 6. The minimum absolute atomic E-state index is 0.240. The van der Waals surface area contributed by atoms with Crippen LogP contribution in [0.3, 0.4) is 0 Å². The highest BCUT2D eigenvalue weighted by Crippen LogP contribution is 2.26. The van der Waals surface area contributed by atoms with E-state index < -0.39 is 5.97 Å². The molecule has 0 aliphatic carbocycles. The van der Waals surface area contributed by atoms with Crippen LogP contribution in [-0.2, 0) is 14.3 Å². The van der Waals surface area contributed by atoms with Crippen molar-refractivity contribution < 1.29 is 19.1 Å². The Morgan fingerprint density at radius 1 is 1.00 bits per heavy atom. The number of anilines is 1. The zero-order chi connectivity index (χ0) is 20.6. The molecule has 0 saturated carbocycles. The molecule has 1 fully saturated rings. The fraction of sp³-hybridized carbons (Fsp3) is 0.286. The van der Waals surface area contributed by atoms with E-state index in [0.29, 0.717) is 42.5 Å². The summed E-state index contributed by atoms with van der Waals surface area (Å²) in [7, 11) is 0. The van der Waals surface area contributed by atoms with Gasteiger partial charge in [0.15, 0.2) is 13.2 Å². The molecular weight excluding hydrogens is 394 g/mol. The third kappa shape index (κ3) is 5.62. The highest BCUT2D eigenvalue weighted by Gasteiger charge is 2.23. The number of carbonyl (C=O) groups excluding carboxylic acids is 2. The number of nitriles is 1. The number of amides is 1. The van der Waals surface area contributed by atoms with Crippen molar-refractivity contribution in [3.8, 4) is 11.8 Å². The van der Waals surface area contributed by atoms with E-state index in [1.54, 1.807) is 29.2 Å². The Bertz CT molecular complexity index is 903. The molecule has 150 valence electrons. The maximum Gasteiger partial charge on any atom is 0.344 e. The Morgan fingerprint density at radius 3 is 2.34 bits per heavy atom. The van der Waals surface area contributed by atoms with Crippen LogP contribution in [-0.4, -0.2) is 56.2 Å². The van der Waals surface area contributed by atoms with Crippen LogP contribution in [0.1, 0.15) is 5.56 Å². The van der Waals surface area contributed by atoms with E-state index in [1.807, 2.05) is 30.3 Å². The van der Waals surface area contributed by atoms with Crippen molar-refractivity contribution in [3.63, 3.8) is 0 Å². The molecule has 1 aliphatic heterocycles. The number of benzene rings is 2. The summed E-state index contributed by atoms with van der Waals surface area (Å²) in [6, 6.07) is 16.0. The summed E-state index contributed by atoms with van der Waals surface area (Å²) in [5, 5.41) is 9.44. The molecule has 0 bridgehead atoms. The maximum absolute atomic E-state index is 12.3. The molecular formula is C21H20ClN3O4. The van der Waals surface area contributed by atoms with Crippen molar-refractivity contribution in [2.24, 2.45) is 0 Å². The Morgan fingerprint density at radius 2 is 1.69 bits per heavy atom. The first-order valence-corrected chi connectivity index (χ1v) is 9.50. The number of carbonyl (C=O) groups is 2. The van der Waals surface area contributed by atoms with Gasteiger partial charge < -0.3 is 19.3 Å². The van der Waals surface area contributed by atoms with E-state index in [9.17, 15) is 9.59 Å². The number of hydrogen-bond donors (Lipinski definition) is 0. The van der Waals surface area contributed by atoms with Crippen LogP contribution in [0.15, 0.2) is 48.5 Å². The summed E-state index contributed by atoms with van der Waals surface area (Å²) in [6.07, 6.45) is 0. The zero-order valence-corrected chi connectivity index (χ0v) is 16.5. The smallest absolute Gasteiger partial charge is 0.344 e. The number of piperazine rings is 1. The van der Waals surface area contributed by atoms with E-state index in [1.165, 1.54) is 0 Å². The normalized spacial score (nSPS) is 13.5. The Kier molecular flexibility index (Phi) is 6.93. The van der Waals surface area contributed by atoms with Gasteiger partial charge in [-0.2, -0.15) is 5.26 Å². The van der Waals surface area contributed by atoms with Crippen LogP contribution in [0.25, 0.3) is 0 Å². The van der Waals surface area contributed by atoms with Crippen LogP contribution in [0.5, 0.6) is 5.75 Å². The molecule has 0 spiro atoms. The summed E-state index contributed by atoms with van der Waals surface area (Å²) in [5.74, 6) is -0.420. The second-order valence-corrected chi connectivity index (χ2v) is 6.81. The minimum Gasteiger partial charge on any atom is -0.482 e. The number of esters is 1. The number of ether oxygens (including phenoxy) is 2. The Balaban J connectivity index is 1.39. The average molecular weight is 414 g/mol. The lowest BCUT2D eigenvalue weighted by atomic mass is 10.2. The van der Waals surface area contributed by atoms with E-state index >= 15 is 0 Å². The van der Waals surface area contributed by atoms with Crippen LogP contribution >= 0.6 is 11.6 Å². The number of nitrogens with zero attached hydrogens (tertiary/aromatic N) is 3. The maximum atomic E-state index is 12.3. The first-order valence-electron chi connectivity index (χ1n) is 9.12. The van der Waals surface area contributed by atoms with E-state index in [2.05, 4.69) is 4.90 Å². The quantitative estimate of drug-likeness (QED) is 0.676. The van der Waals surface area contributed by atoms with Gasteiger partial charge in [-0.05, 0) is 36.4 Å². The first-order chi connectivity index (χ1) is 14.1. The van der Waals surface area contributed by atoms with E-state index in [0.717, 1.165) is 5.69 Å². The van der Waals surface area contributed by atoms with Gasteiger partial charge in [0.1, 0.15) is 5.75 Å². The van der Waals surface area contributed by atoms with Crippen molar-refractivity contribution >= 4 is 29.2 Å². The van der Waals surface area contributed by atoms with Gasteiger partial charge in [-0.3, -0.25) is 4.79 Å². The Hall–Kier alpha value is -3.24. The molecule has 1 aliphatic rings. The molecule has 2 aromatic rings. The standard InChI is InChI=1S/C21H20ClN3O4/c22-18-3-1-2-4-19(18)24-9-11-25(12-10-24)20(26)14-29-21(27)15-28-17-7-5-16(13-23)6-8-17/h1-8H,9-12,14-15H2. The number of hydrogen-bond acceptors (Lipinski definition) is 6. The van der Waals surface area contributed by atoms with Gasteiger partial charge in [0.2, 0.25) is 0 Å². The summed E-state index contributed by atoms with van der Waals surface area (Å²) >= 11 is 6.22. The SMILES string of the molecule is N#Cc1ccc(OCC(=O)OCC(=O)N2CCN(c3ccccc3Cl)CC2)cc1. The second kappa shape index (κ2) is 9.80. The van der Waals surface area contributed by atoms with Gasteiger partial charge in [-0.15, -0.1) is 0 Å². The van der Waals surface area contributed by atoms with Crippen LogP contribution < -0.4 is 9.64 Å². The molecule has 2 aromatic carbocycles. The van der Waals surface area contributed by atoms with Gasteiger partial charge in [0.05, 0.1) is 22.3 Å². The fourth-order valence-corrected chi connectivity index (χ4v) is 3.20. The predicted molar refractivity (Wildman–Crippen MR) is 108 cm³/mol. The highest BCUT2D eigenvalue weighted by molar-refractivity contribution is 6.33. The van der Waals surface area contributed by atoms with E-state index in [-0.39, 0.29) is 19.1 Å². The van der Waals surface area contributed by atoms with Crippen molar-refractivity contribution in [1.82, 2.24) is 4.90 Å². The van der Waals surface area contributed by atoms with Gasteiger partial charge in [0, 0.05) is 26.2 Å². The van der Waals surface area contributed by atoms with Crippen molar-refractivity contribution in [2.45, 2.75) is 0 Å². The van der Waals surface area contributed by atoms with Crippen LogP contribution in [0.2, 0.25) is 5.02 Å². The molecule has 1 amide bonds. The summed E-state index contributed by atoms with van der Waals surface area (Å²) < 4.78 is 10.3. The van der Waals surface area contributed by atoms with Crippen LogP contribution in [0, 0.1) is 11.3 Å². The highest BCUT2D eigenvalue weighted by atomic mass is 35.5. The topological polar surface area (TPSA) is 82.9 Å². The second-order valence-electron chi connectivity index (χ2n) is 6.40. The number of halogens is 1. The molecule has 1 saturated heterocycles. The zero-order valence-electron chi connectivity index (χ0n) is 15.7. The van der Waals surface area contributed by atoms with Crippen molar-refractivity contribution in [1.29, 1.82) is 5.26 Å². The monoisotopic (exact) mass is 413 g/mol. The fourth-order valence-electron chi connectivity index (χ4n) is 2.95. The molecule has 0 atom stereocenters. The summed E-state index contributed by atoms with van der Waals surface area (Å²) in [5.41, 5.74) is 1.45. The third-order valence-electron chi connectivity index (χ3n) is 4.52. The molecule has 3 rings (SSSR count). The minimum atomic E-state index is -0.627. The lowest BCUT2D eigenvalue weighted by Crippen LogP contribution is -2.50. The molecule has 0 radical (unpaired) electrons.